The molecule has 0 spiro atoms. The molecule has 0 saturated carbocycles. The molecule has 0 atom stereocenters. The van der Waals surface area contributed by atoms with Crippen LogP contribution < -0.4 is 7.42 Å². The van der Waals surface area contributed by atoms with Crippen LogP contribution in [0.5, 0.6) is 0 Å². The van der Waals surface area contributed by atoms with Crippen LogP contribution in [0.25, 0.3) is 22.8 Å². The zero-order valence-corrected chi connectivity index (χ0v) is 42.1. The molecule has 4 heterocycles. The van der Waals surface area contributed by atoms with Gasteiger partial charge in [-0.2, -0.15) is 0 Å². The van der Waals surface area contributed by atoms with Crippen molar-refractivity contribution in [1.82, 2.24) is 19.9 Å². The number of aromatic nitrogens is 4. The van der Waals surface area contributed by atoms with E-state index in [1.54, 1.807) is 0 Å². The van der Waals surface area contributed by atoms with Gasteiger partial charge >= 0.3 is 247 Å². The van der Waals surface area contributed by atoms with Crippen molar-refractivity contribution in [2.75, 3.05) is 0 Å². The number of unbranched alkanes of at least 4 members (excludes halogenated alkanes) is 6. The van der Waals surface area contributed by atoms with Gasteiger partial charge in [0.2, 0.25) is 0 Å². The predicted molar refractivity (Wildman–Crippen MR) is 239 cm³/mol. The van der Waals surface area contributed by atoms with E-state index in [0.717, 1.165) is 32.0 Å². The molecule has 0 aliphatic heterocycles. The Balaban J connectivity index is 0.000000429. The van der Waals surface area contributed by atoms with Crippen LogP contribution in [0.1, 0.15) is 119 Å². The van der Waals surface area contributed by atoms with Crippen molar-refractivity contribution in [3.8, 4) is 22.8 Å². The molecule has 0 aliphatic rings. The van der Waals surface area contributed by atoms with Crippen LogP contribution in [0.2, 0.25) is 26.6 Å². The second kappa shape index (κ2) is 25.3. The molecule has 4 rings (SSSR count). The van der Waals surface area contributed by atoms with Crippen molar-refractivity contribution in [3.05, 3.63) is 82.0 Å². The normalized spacial score (nSPS) is 11.7. The van der Waals surface area contributed by atoms with Gasteiger partial charge in [-0.25, -0.2) is 9.97 Å². The summed E-state index contributed by atoms with van der Waals surface area (Å²) < 4.78 is 13.5. The van der Waals surface area contributed by atoms with Gasteiger partial charge in [0, 0.05) is 0 Å². The van der Waals surface area contributed by atoms with Gasteiger partial charge in [-0.1, -0.05) is 12.1 Å². The van der Waals surface area contributed by atoms with Crippen molar-refractivity contribution in [3.63, 3.8) is 0 Å². The van der Waals surface area contributed by atoms with Gasteiger partial charge in [0.25, 0.3) is 0 Å². The van der Waals surface area contributed by atoms with E-state index in [1.807, 2.05) is 36.4 Å². The molecule has 0 radical (unpaired) electrons. The van der Waals surface area contributed by atoms with Gasteiger partial charge in [0.05, 0.1) is 11.4 Å². The molecule has 4 nitrogen and oxygen atoms in total. The van der Waals surface area contributed by atoms with Crippen LogP contribution in [0.3, 0.4) is 0 Å². The fourth-order valence-electron chi connectivity index (χ4n) is 7.46. The predicted octanol–water partition coefficient (Wildman–Crippen LogP) is 13.9. The molecule has 0 aromatic carbocycles. The van der Waals surface area contributed by atoms with E-state index < -0.39 is 36.8 Å². The Morgan fingerprint density at radius 3 is 0.865 bits per heavy atom. The van der Waals surface area contributed by atoms with Crippen molar-refractivity contribution in [1.29, 1.82) is 0 Å². The summed E-state index contributed by atoms with van der Waals surface area (Å²) in [6.45, 7) is 14.2. The molecule has 0 aliphatic carbocycles. The van der Waals surface area contributed by atoms with E-state index in [0.29, 0.717) is 0 Å². The van der Waals surface area contributed by atoms with Crippen LogP contribution in [0.4, 0.5) is 0 Å². The van der Waals surface area contributed by atoms with Crippen molar-refractivity contribution in [2.45, 2.75) is 145 Å². The van der Waals surface area contributed by atoms with Crippen molar-refractivity contribution < 1.29 is 0 Å². The quantitative estimate of drug-likeness (QED) is 0.0581. The molecule has 8 heteroatoms. The zero-order valence-electron chi connectivity index (χ0n) is 33.2. The Labute approximate surface area is 342 Å². The number of nitrogens with zero attached hydrogens (tertiary/aromatic N) is 4. The van der Waals surface area contributed by atoms with Crippen molar-refractivity contribution >= 4 is 76.0 Å². The first kappa shape index (κ1) is 45.5. The van der Waals surface area contributed by atoms with Crippen LogP contribution in [-0.2, 0) is 0 Å². The summed E-state index contributed by atoms with van der Waals surface area (Å²) in [7, 11) is 0. The molecule has 0 saturated heterocycles. The van der Waals surface area contributed by atoms with Crippen LogP contribution in [-0.4, -0.2) is 56.7 Å². The third kappa shape index (κ3) is 14.3. The first-order valence-electron chi connectivity index (χ1n) is 20.5. The van der Waals surface area contributed by atoms with E-state index in [-0.39, 0.29) is 0 Å². The molecule has 4 aromatic heterocycles. The summed E-state index contributed by atoms with van der Waals surface area (Å²) in [4.78, 5) is 19.7. The van der Waals surface area contributed by atoms with E-state index in [9.17, 15) is 0 Å². The minimum absolute atomic E-state index is 0.816. The number of pyridine rings is 4. The molecule has 52 heavy (non-hydrogen) atoms. The SMILES string of the molecule is Brc1cccc(-c2cccc(Br)n2)n1.CCC[CH2][Sn]([CH2]CCC)([CH2]CCC)[c]1cccc(-c2ccc[c]([Sn]([CH2]CCC)([CH2]CCC)[CH2]CCC)n2)n1. The van der Waals surface area contributed by atoms with Crippen LogP contribution in [0, 0.1) is 0 Å². The second-order valence-corrected chi connectivity index (χ2v) is 42.4. The fraction of sp³-hybridized carbons (Fsp3) is 0.545. The third-order valence-electron chi connectivity index (χ3n) is 10.6. The Bertz CT molecular complexity index is 1420. The third-order valence-corrected chi connectivity index (χ3v) is 41.7. The summed E-state index contributed by atoms with van der Waals surface area (Å²) >= 11 is 1.52. The zero-order chi connectivity index (χ0) is 37.7. The van der Waals surface area contributed by atoms with Gasteiger partial charge in [0.1, 0.15) is 9.21 Å². The summed E-state index contributed by atoms with van der Waals surface area (Å²) in [6, 6.07) is 25.5. The Kier molecular flexibility index (Phi) is 22.2. The molecular formula is C44H66Br2N4Sn2. The summed E-state index contributed by atoms with van der Waals surface area (Å²) in [5, 5.41) is 0. The molecule has 0 fully saturated rings. The molecule has 0 unspecified atom stereocenters. The molecule has 284 valence electrons. The van der Waals surface area contributed by atoms with E-state index in [1.165, 1.54) is 111 Å². The van der Waals surface area contributed by atoms with Crippen LogP contribution in [0.15, 0.2) is 82.0 Å². The first-order chi connectivity index (χ1) is 25.3. The standard InChI is InChI=1S/C10H6Br2N2.C10H6N2.6C4H9.2Sn/c11-9-5-1-3-7(13-9)8-4-2-6-10(12)14-8;1-3-7-11-9(5-1)10-6-2-4-8-12-10;6*1-3-4-2;;/h1-6H;1-6H;6*1,3-4H2,2H3;;. The maximum atomic E-state index is 5.54. The molecule has 0 N–H and O–H groups in total. The second-order valence-electron chi connectivity index (χ2n) is 14.7. The Hall–Kier alpha value is -0.843. The average molecular weight is 1050 g/mol. The van der Waals surface area contributed by atoms with E-state index in [4.69, 9.17) is 9.97 Å². The molecule has 0 bridgehead atoms. The molecular weight excluding hydrogens is 982 g/mol. The fourth-order valence-corrected chi connectivity index (χ4v) is 39.1. The van der Waals surface area contributed by atoms with Crippen LogP contribution >= 0.6 is 31.9 Å². The van der Waals surface area contributed by atoms with E-state index in [2.05, 4.69) is 120 Å². The Morgan fingerprint density at radius 2 is 0.615 bits per heavy atom. The van der Waals surface area contributed by atoms with Gasteiger partial charge in [-0.15, -0.1) is 0 Å². The summed E-state index contributed by atoms with van der Waals surface area (Å²) in [6.07, 6.45) is 16.1. The number of rotatable bonds is 22. The average Bonchev–Trinajstić information content (AvgIpc) is 3.18. The number of hydrogen-bond donors (Lipinski definition) is 0. The number of hydrogen-bond acceptors (Lipinski definition) is 4. The summed E-state index contributed by atoms with van der Waals surface area (Å²) in [5.74, 6) is 0. The molecule has 0 amide bonds. The summed E-state index contributed by atoms with van der Waals surface area (Å²) in [5.41, 5.74) is 4.02. The number of halogens is 2. The minimum atomic E-state index is -2.57. The molecule has 4 aromatic rings. The van der Waals surface area contributed by atoms with Crippen molar-refractivity contribution in [2.24, 2.45) is 0 Å². The monoisotopic (exact) mass is 1050 g/mol. The van der Waals surface area contributed by atoms with Gasteiger partial charge < -0.3 is 0 Å². The van der Waals surface area contributed by atoms with Gasteiger partial charge in [-0.05, 0) is 56.1 Å². The maximum absolute atomic E-state index is 5.54. The van der Waals surface area contributed by atoms with Gasteiger partial charge in [-0.3, -0.25) is 0 Å². The Morgan fingerprint density at radius 1 is 0.365 bits per heavy atom. The van der Waals surface area contributed by atoms with Gasteiger partial charge in [0.15, 0.2) is 0 Å². The topological polar surface area (TPSA) is 51.6 Å². The first-order valence-corrected chi connectivity index (χ1v) is 37.1. The van der Waals surface area contributed by atoms with E-state index >= 15 is 0 Å².